The molecule has 0 amide bonds. The molecule has 5 heteroatoms. The molecular formula is C29H23N3O2. The molecule has 1 spiro atoms. The Balaban J connectivity index is 1.55. The molecule has 0 bridgehead atoms. The first-order valence-corrected chi connectivity index (χ1v) is 11.7. The lowest BCUT2D eigenvalue weighted by Gasteiger charge is -2.38. The van der Waals surface area contributed by atoms with Crippen molar-refractivity contribution in [3.05, 3.63) is 108 Å². The summed E-state index contributed by atoms with van der Waals surface area (Å²) in [6.45, 7) is 0.687. The summed E-state index contributed by atoms with van der Waals surface area (Å²) in [5, 5.41) is 0. The molecule has 0 radical (unpaired) electrons. The molecule has 4 aromatic rings. The van der Waals surface area contributed by atoms with E-state index in [-0.39, 0.29) is 23.5 Å². The summed E-state index contributed by atoms with van der Waals surface area (Å²) in [7, 11) is 2.10. The zero-order chi connectivity index (χ0) is 22.9. The second-order valence-corrected chi connectivity index (χ2v) is 9.40. The van der Waals surface area contributed by atoms with Crippen LogP contribution in [0.1, 0.15) is 22.9 Å². The normalized spacial score (nSPS) is 25.4. The van der Waals surface area contributed by atoms with Gasteiger partial charge in [0.15, 0.2) is 0 Å². The predicted molar refractivity (Wildman–Crippen MR) is 130 cm³/mol. The fourth-order valence-corrected chi connectivity index (χ4v) is 6.37. The number of aromatic nitrogens is 2. The number of likely N-dealkylation sites (tertiary alicyclic amines) is 1. The Morgan fingerprint density at radius 2 is 1.71 bits per heavy atom. The van der Waals surface area contributed by atoms with Gasteiger partial charge in [-0.05, 0) is 36.9 Å². The quantitative estimate of drug-likeness (QED) is 0.439. The fourth-order valence-electron chi connectivity index (χ4n) is 6.37. The highest BCUT2D eigenvalue weighted by Gasteiger charge is 2.63. The number of ketones is 1. The van der Waals surface area contributed by atoms with E-state index in [0.717, 1.165) is 39.3 Å². The molecular weight excluding hydrogens is 422 g/mol. The molecule has 2 aliphatic carbocycles. The van der Waals surface area contributed by atoms with Crippen LogP contribution in [0.25, 0.3) is 22.3 Å². The van der Waals surface area contributed by atoms with Gasteiger partial charge in [0.25, 0.3) is 0 Å². The van der Waals surface area contributed by atoms with E-state index in [1.807, 2.05) is 66.8 Å². The van der Waals surface area contributed by atoms with E-state index in [0.29, 0.717) is 6.54 Å². The number of benzene rings is 2. The first-order chi connectivity index (χ1) is 16.7. The lowest BCUT2D eigenvalue weighted by atomic mass is 9.70. The molecule has 0 saturated carbocycles. The van der Waals surface area contributed by atoms with Gasteiger partial charge in [0.05, 0.1) is 40.5 Å². The molecule has 2 aromatic carbocycles. The summed E-state index contributed by atoms with van der Waals surface area (Å²) in [5.41, 5.74) is 4.88. The number of rotatable bonds is 3. The fraction of sp³-hybridized carbons (Fsp3) is 0.207. The Labute approximate surface area is 197 Å². The van der Waals surface area contributed by atoms with Crippen molar-refractivity contribution in [3.8, 4) is 11.3 Å². The van der Waals surface area contributed by atoms with E-state index in [1.165, 1.54) is 0 Å². The van der Waals surface area contributed by atoms with Gasteiger partial charge in [-0.25, -0.2) is 9.97 Å². The molecule has 5 nitrogen and oxygen atoms in total. The van der Waals surface area contributed by atoms with Crippen LogP contribution < -0.4 is 0 Å². The van der Waals surface area contributed by atoms with Crippen molar-refractivity contribution in [2.24, 2.45) is 11.8 Å². The smallest absolute Gasteiger partial charge is 0.149 e. The maximum atomic E-state index is 14.3. The van der Waals surface area contributed by atoms with Crippen molar-refractivity contribution in [1.29, 1.82) is 0 Å². The maximum Gasteiger partial charge on any atom is 0.149 e. The van der Waals surface area contributed by atoms with Crippen molar-refractivity contribution >= 4 is 16.8 Å². The largest absolute Gasteiger partial charge is 0.469 e. The van der Waals surface area contributed by atoms with E-state index in [4.69, 9.17) is 14.4 Å². The summed E-state index contributed by atoms with van der Waals surface area (Å²) >= 11 is 0. The Kier molecular flexibility index (Phi) is 4.09. The number of Topliss-reactive ketones (excluding diaryl/α,β-unsaturated/α-hetero) is 1. The van der Waals surface area contributed by atoms with Gasteiger partial charge in [-0.3, -0.25) is 9.69 Å². The number of hydrogen-bond donors (Lipinski definition) is 0. The van der Waals surface area contributed by atoms with E-state index >= 15 is 0 Å². The number of likely N-dealkylation sites (N-methyl/N-ethyl adjacent to an activating group) is 1. The van der Waals surface area contributed by atoms with Gasteiger partial charge in [-0.15, -0.1) is 0 Å². The van der Waals surface area contributed by atoms with Crippen LogP contribution in [0.5, 0.6) is 0 Å². The van der Waals surface area contributed by atoms with Crippen molar-refractivity contribution in [3.63, 3.8) is 0 Å². The Morgan fingerprint density at radius 3 is 2.47 bits per heavy atom. The van der Waals surface area contributed by atoms with Gasteiger partial charge < -0.3 is 4.42 Å². The van der Waals surface area contributed by atoms with Crippen molar-refractivity contribution in [1.82, 2.24) is 14.9 Å². The van der Waals surface area contributed by atoms with E-state index < -0.39 is 5.54 Å². The lowest BCUT2D eigenvalue weighted by Crippen LogP contribution is -2.47. The standard InChI is InChI=1S/C29H23N3O2/c1-32-17-20(24-15-8-16-34-24)25(27(33)18-9-2-3-10-18)29(32)21-12-5-4-11-19(21)26-28(29)31-23-14-7-6-13-22(23)30-26/h2-16,18,20,25H,17H2,1H3/t20-,25+,29+/m1/s1. The van der Waals surface area contributed by atoms with Crippen LogP contribution in [0.15, 0.2) is 95.6 Å². The number of nitrogens with zero attached hydrogens (tertiary/aromatic N) is 3. The summed E-state index contributed by atoms with van der Waals surface area (Å²) in [6.07, 6.45) is 9.59. The van der Waals surface area contributed by atoms with Crippen LogP contribution in [-0.2, 0) is 10.3 Å². The number of carbonyl (C=O) groups is 1. The van der Waals surface area contributed by atoms with Gasteiger partial charge in [-0.2, -0.15) is 0 Å². The van der Waals surface area contributed by atoms with E-state index in [9.17, 15) is 4.79 Å². The molecule has 1 saturated heterocycles. The van der Waals surface area contributed by atoms with E-state index in [1.54, 1.807) is 6.26 Å². The molecule has 0 unspecified atom stereocenters. The number of hydrogen-bond acceptors (Lipinski definition) is 5. The second-order valence-electron chi connectivity index (χ2n) is 9.40. The van der Waals surface area contributed by atoms with Crippen LogP contribution in [0.3, 0.4) is 0 Å². The summed E-state index contributed by atoms with van der Waals surface area (Å²) in [6, 6.07) is 20.2. The first kappa shape index (κ1) is 19.6. The van der Waals surface area contributed by atoms with Gasteiger partial charge in [0.2, 0.25) is 0 Å². The lowest BCUT2D eigenvalue weighted by molar-refractivity contribution is -0.127. The van der Waals surface area contributed by atoms with Gasteiger partial charge in [0.1, 0.15) is 17.1 Å². The van der Waals surface area contributed by atoms with Gasteiger partial charge >= 0.3 is 0 Å². The minimum atomic E-state index is -0.720. The third kappa shape index (κ3) is 2.45. The summed E-state index contributed by atoms with van der Waals surface area (Å²) in [4.78, 5) is 26.9. The highest BCUT2D eigenvalue weighted by molar-refractivity contribution is 5.94. The number of carbonyl (C=O) groups excluding carboxylic acids is 1. The highest BCUT2D eigenvalue weighted by atomic mass is 16.3. The molecule has 1 fully saturated rings. The third-order valence-electron chi connectivity index (χ3n) is 7.74. The van der Waals surface area contributed by atoms with Gasteiger partial charge in [0, 0.05) is 18.0 Å². The third-order valence-corrected chi connectivity index (χ3v) is 7.74. The van der Waals surface area contributed by atoms with Crippen molar-refractivity contribution in [2.75, 3.05) is 13.6 Å². The number of fused-ring (bicyclic) bond motifs is 6. The second kappa shape index (κ2) is 7.08. The minimum Gasteiger partial charge on any atom is -0.469 e. The Bertz CT molecular complexity index is 1490. The van der Waals surface area contributed by atoms with Crippen LogP contribution in [0, 0.1) is 11.8 Å². The maximum absolute atomic E-state index is 14.3. The minimum absolute atomic E-state index is 0.0952. The summed E-state index contributed by atoms with van der Waals surface area (Å²) in [5.74, 6) is 0.303. The van der Waals surface area contributed by atoms with Crippen molar-refractivity contribution < 1.29 is 9.21 Å². The number of para-hydroxylation sites is 2. The highest BCUT2D eigenvalue weighted by Crippen LogP contribution is 2.60. The Hall–Kier alpha value is -3.83. The van der Waals surface area contributed by atoms with Crippen LogP contribution in [0.4, 0.5) is 0 Å². The van der Waals surface area contributed by atoms with Crippen LogP contribution >= 0.6 is 0 Å². The predicted octanol–water partition coefficient (Wildman–Crippen LogP) is 5.10. The zero-order valence-corrected chi connectivity index (χ0v) is 18.8. The monoisotopic (exact) mass is 445 g/mol. The molecule has 7 rings (SSSR count). The zero-order valence-electron chi connectivity index (χ0n) is 18.8. The molecule has 166 valence electrons. The molecule has 0 N–H and O–H groups in total. The molecule has 1 aliphatic heterocycles. The average molecular weight is 446 g/mol. The van der Waals surface area contributed by atoms with Crippen molar-refractivity contribution in [2.45, 2.75) is 11.5 Å². The van der Waals surface area contributed by atoms with E-state index in [2.05, 4.69) is 30.1 Å². The van der Waals surface area contributed by atoms with Gasteiger partial charge in [-0.1, -0.05) is 60.7 Å². The van der Waals surface area contributed by atoms with Crippen LogP contribution in [0.2, 0.25) is 0 Å². The number of allylic oxidation sites excluding steroid dienone is 4. The Morgan fingerprint density at radius 1 is 0.971 bits per heavy atom. The number of furan rings is 1. The topological polar surface area (TPSA) is 59.2 Å². The molecule has 3 atom stereocenters. The average Bonchev–Trinajstić information content (AvgIpc) is 3.66. The summed E-state index contributed by atoms with van der Waals surface area (Å²) < 4.78 is 5.91. The molecule has 34 heavy (non-hydrogen) atoms. The first-order valence-electron chi connectivity index (χ1n) is 11.7. The SMILES string of the molecule is CN1C[C@H](c2ccco2)[C@@H](C(=O)C2C=CC=C2)[C@]12c1ccccc1-c1nc3ccccc3nc12. The molecule has 3 aliphatic rings. The molecule has 3 heterocycles. The van der Waals surface area contributed by atoms with Crippen LogP contribution in [-0.4, -0.2) is 34.2 Å². The molecule has 2 aromatic heterocycles.